The predicted molar refractivity (Wildman–Crippen MR) is 111 cm³/mol. The van der Waals surface area contributed by atoms with Crippen molar-refractivity contribution in [1.29, 1.82) is 0 Å². The Bertz CT molecular complexity index is 767. The van der Waals surface area contributed by atoms with Crippen LogP contribution in [-0.4, -0.2) is 17.6 Å². The Morgan fingerprint density at radius 2 is 1.84 bits per heavy atom. The largest absolute Gasteiger partial charge is 0.507 e. The number of thioether (sulfide) groups is 2. The number of fused-ring (bicyclic) bond motifs is 3. The van der Waals surface area contributed by atoms with Gasteiger partial charge in [0.15, 0.2) is 0 Å². The third-order valence-electron chi connectivity index (χ3n) is 4.77. The van der Waals surface area contributed by atoms with E-state index in [1.54, 1.807) is 23.5 Å². The molecule has 0 atom stereocenters. The molecule has 1 aliphatic heterocycles. The van der Waals surface area contributed by atoms with Crippen LogP contribution in [0.2, 0.25) is 0 Å². The molecule has 4 heteroatoms. The second kappa shape index (κ2) is 7.55. The lowest BCUT2D eigenvalue weighted by atomic mass is 9.92. The molecule has 0 aromatic heterocycles. The van der Waals surface area contributed by atoms with Crippen molar-refractivity contribution in [2.45, 2.75) is 43.8 Å². The molecule has 3 rings (SSSR count). The average Bonchev–Trinajstić information content (AvgIpc) is 2.60. The van der Waals surface area contributed by atoms with Crippen molar-refractivity contribution < 1.29 is 9.84 Å². The molecular formula is C21H26O2S2. The maximum Gasteiger partial charge on any atom is 0.227 e. The van der Waals surface area contributed by atoms with Gasteiger partial charge in [0.1, 0.15) is 11.5 Å². The quantitative estimate of drug-likeness (QED) is 0.472. The minimum Gasteiger partial charge on any atom is -0.507 e. The van der Waals surface area contributed by atoms with Crippen LogP contribution in [0.4, 0.5) is 0 Å². The van der Waals surface area contributed by atoms with Gasteiger partial charge in [-0.05, 0) is 55.5 Å². The highest BCUT2D eigenvalue weighted by molar-refractivity contribution is 8.16. The molecule has 0 spiro atoms. The van der Waals surface area contributed by atoms with Crippen molar-refractivity contribution in [2.75, 3.05) is 12.5 Å². The maximum atomic E-state index is 10.8. The smallest absolute Gasteiger partial charge is 0.227 e. The zero-order valence-corrected chi connectivity index (χ0v) is 17.0. The number of benzene rings is 2. The first-order chi connectivity index (χ1) is 12.0. The summed E-state index contributed by atoms with van der Waals surface area (Å²) in [5, 5.41) is 10.8. The number of hydrogen-bond acceptors (Lipinski definition) is 4. The van der Waals surface area contributed by atoms with Gasteiger partial charge in [0.2, 0.25) is 4.27 Å². The van der Waals surface area contributed by atoms with Crippen molar-refractivity contribution in [3.63, 3.8) is 0 Å². The lowest BCUT2D eigenvalue weighted by Crippen LogP contribution is -2.29. The molecule has 2 aromatic carbocycles. The molecule has 1 heterocycles. The summed E-state index contributed by atoms with van der Waals surface area (Å²) in [5.74, 6) is 1.12. The number of unbranched alkanes of at least 4 members (excludes halogenated alkanes) is 2. The Kier molecular flexibility index (Phi) is 5.59. The summed E-state index contributed by atoms with van der Waals surface area (Å²) in [5.41, 5.74) is 5.38. The molecular weight excluding hydrogens is 348 g/mol. The standard InChI is InChI=1S/C21H26O2S2/c1-5-6-7-8-15-12-18(22)20-16-11-14(2)9-10-17(16)21(24-3,25-4)23-19(20)13-15/h9-13,22H,5-8H2,1-4H3. The SMILES string of the molecule is CCCCCc1cc(O)c2c(c1)OC(SC)(SC)c1ccc(C)cc1-2. The Morgan fingerprint density at radius 3 is 2.52 bits per heavy atom. The van der Waals surface area contributed by atoms with Crippen molar-refractivity contribution in [2.24, 2.45) is 0 Å². The van der Waals surface area contributed by atoms with E-state index >= 15 is 0 Å². The molecule has 0 bridgehead atoms. The summed E-state index contributed by atoms with van der Waals surface area (Å²) < 4.78 is 6.01. The predicted octanol–water partition coefficient (Wildman–Crippen LogP) is 6.33. The van der Waals surface area contributed by atoms with E-state index in [0.29, 0.717) is 5.75 Å². The fourth-order valence-corrected chi connectivity index (χ4v) is 5.26. The van der Waals surface area contributed by atoms with Gasteiger partial charge in [-0.25, -0.2) is 0 Å². The summed E-state index contributed by atoms with van der Waals surface area (Å²) in [6.07, 6.45) is 8.68. The molecule has 0 radical (unpaired) electrons. The van der Waals surface area contributed by atoms with E-state index in [4.69, 9.17) is 4.74 Å². The third kappa shape index (κ3) is 3.39. The highest BCUT2D eigenvalue weighted by Crippen LogP contribution is 2.56. The van der Waals surface area contributed by atoms with Gasteiger partial charge in [-0.1, -0.05) is 43.5 Å². The van der Waals surface area contributed by atoms with Crippen molar-refractivity contribution in [3.8, 4) is 22.6 Å². The molecule has 1 aliphatic rings. The maximum absolute atomic E-state index is 10.8. The fraction of sp³-hybridized carbons (Fsp3) is 0.429. The zero-order valence-electron chi connectivity index (χ0n) is 15.4. The van der Waals surface area contributed by atoms with E-state index in [9.17, 15) is 5.11 Å². The Labute approximate surface area is 159 Å². The van der Waals surface area contributed by atoms with E-state index in [1.807, 2.05) is 6.07 Å². The van der Waals surface area contributed by atoms with Crippen LogP contribution in [0.25, 0.3) is 11.1 Å². The summed E-state index contributed by atoms with van der Waals surface area (Å²) >= 11 is 3.40. The van der Waals surface area contributed by atoms with Crippen LogP contribution in [0.3, 0.4) is 0 Å². The highest BCUT2D eigenvalue weighted by atomic mass is 32.2. The number of aryl methyl sites for hydroxylation is 2. The Hall–Kier alpha value is -1.26. The van der Waals surface area contributed by atoms with E-state index in [2.05, 4.69) is 50.6 Å². The molecule has 1 N–H and O–H groups in total. The molecule has 0 saturated heterocycles. The Balaban J connectivity index is 2.13. The van der Waals surface area contributed by atoms with Crippen LogP contribution in [-0.2, 0) is 10.7 Å². The number of ether oxygens (including phenoxy) is 1. The van der Waals surface area contributed by atoms with E-state index in [0.717, 1.165) is 40.8 Å². The lowest BCUT2D eigenvalue weighted by molar-refractivity contribution is 0.257. The van der Waals surface area contributed by atoms with Crippen LogP contribution in [0.5, 0.6) is 11.5 Å². The van der Waals surface area contributed by atoms with Crippen LogP contribution in [0.15, 0.2) is 30.3 Å². The van der Waals surface area contributed by atoms with Crippen molar-refractivity contribution in [3.05, 3.63) is 47.0 Å². The Morgan fingerprint density at radius 1 is 1.08 bits per heavy atom. The van der Waals surface area contributed by atoms with E-state index in [-0.39, 0.29) is 0 Å². The molecule has 0 saturated carbocycles. The molecule has 134 valence electrons. The van der Waals surface area contributed by atoms with Crippen LogP contribution in [0, 0.1) is 6.92 Å². The highest BCUT2D eigenvalue weighted by Gasteiger charge is 2.41. The minimum atomic E-state index is -0.468. The zero-order chi connectivity index (χ0) is 18.0. The topological polar surface area (TPSA) is 29.5 Å². The van der Waals surface area contributed by atoms with Gasteiger partial charge in [-0.2, -0.15) is 0 Å². The molecule has 0 unspecified atom stereocenters. The summed E-state index contributed by atoms with van der Waals surface area (Å²) in [7, 11) is 0. The molecule has 2 aromatic rings. The van der Waals surface area contributed by atoms with Crippen molar-refractivity contribution in [1.82, 2.24) is 0 Å². The van der Waals surface area contributed by atoms with Gasteiger partial charge in [0.05, 0.1) is 5.56 Å². The number of rotatable bonds is 6. The number of hydrogen-bond donors (Lipinski definition) is 1. The number of phenolic OH excluding ortho intramolecular Hbond substituents is 1. The summed E-state index contributed by atoms with van der Waals surface area (Å²) in [6, 6.07) is 10.4. The van der Waals surface area contributed by atoms with Crippen LogP contribution < -0.4 is 4.74 Å². The van der Waals surface area contributed by atoms with Gasteiger partial charge in [0.25, 0.3) is 0 Å². The lowest BCUT2D eigenvalue weighted by Gasteiger charge is -2.38. The molecule has 0 amide bonds. The molecule has 0 fully saturated rings. The number of aromatic hydroxyl groups is 1. The van der Waals surface area contributed by atoms with Gasteiger partial charge >= 0.3 is 0 Å². The minimum absolute atomic E-state index is 0.326. The second-order valence-corrected chi connectivity index (χ2v) is 8.79. The fourth-order valence-electron chi connectivity index (χ4n) is 3.45. The summed E-state index contributed by atoms with van der Waals surface area (Å²) in [4.78, 5) is 0. The average molecular weight is 375 g/mol. The van der Waals surface area contributed by atoms with Gasteiger partial charge in [-0.15, -0.1) is 23.5 Å². The first kappa shape index (κ1) is 18.5. The first-order valence-corrected chi connectivity index (χ1v) is 11.3. The third-order valence-corrected chi connectivity index (χ3v) is 7.45. The van der Waals surface area contributed by atoms with E-state index in [1.165, 1.54) is 18.4 Å². The first-order valence-electron chi connectivity index (χ1n) is 8.81. The van der Waals surface area contributed by atoms with Gasteiger partial charge in [-0.3, -0.25) is 0 Å². The van der Waals surface area contributed by atoms with Gasteiger partial charge < -0.3 is 9.84 Å². The summed E-state index contributed by atoms with van der Waals surface area (Å²) in [6.45, 7) is 4.30. The monoisotopic (exact) mass is 374 g/mol. The van der Waals surface area contributed by atoms with Crippen LogP contribution in [0.1, 0.15) is 42.9 Å². The molecule has 2 nitrogen and oxygen atoms in total. The van der Waals surface area contributed by atoms with Crippen LogP contribution >= 0.6 is 23.5 Å². The molecule has 25 heavy (non-hydrogen) atoms. The number of phenols is 1. The molecule has 0 aliphatic carbocycles. The van der Waals surface area contributed by atoms with Crippen molar-refractivity contribution >= 4 is 23.5 Å². The van der Waals surface area contributed by atoms with Gasteiger partial charge in [0, 0.05) is 5.56 Å². The second-order valence-electron chi connectivity index (χ2n) is 6.56. The normalized spacial score (nSPS) is 14.6. The van der Waals surface area contributed by atoms with E-state index < -0.39 is 4.27 Å².